The Balaban J connectivity index is 1.71. The van der Waals surface area contributed by atoms with Crippen molar-refractivity contribution in [1.82, 2.24) is 5.32 Å². The molecular weight excluding hydrogens is 264 g/mol. The second-order valence-corrected chi connectivity index (χ2v) is 6.20. The van der Waals surface area contributed by atoms with E-state index >= 15 is 0 Å². The average Bonchev–Trinajstić information content (AvgIpc) is 3.01. The quantitative estimate of drug-likeness (QED) is 0.894. The molecule has 1 aromatic rings. The molecule has 1 saturated carbocycles. The first-order valence-corrected chi connectivity index (χ1v) is 8.02. The van der Waals surface area contributed by atoms with E-state index in [4.69, 9.17) is 4.74 Å². The van der Waals surface area contributed by atoms with Gasteiger partial charge in [0.2, 0.25) is 0 Å². The summed E-state index contributed by atoms with van der Waals surface area (Å²) in [7, 11) is 0. The van der Waals surface area contributed by atoms with E-state index < -0.39 is 0 Å². The summed E-state index contributed by atoms with van der Waals surface area (Å²) in [6.45, 7) is 4.40. The maximum atomic E-state index is 12.5. The standard InChI is InChI=1S/C17H24N2O2/c1-2-17(8-3-4-9-17)12-19-16(20)13-6-5-7-14-15(13)21-11-10-18-14/h5-7,18H,2-4,8-12H2,1H3,(H,19,20). The zero-order chi connectivity index (χ0) is 14.7. The van der Waals surface area contributed by atoms with Crippen LogP contribution in [-0.4, -0.2) is 25.6 Å². The summed E-state index contributed by atoms with van der Waals surface area (Å²) >= 11 is 0. The zero-order valence-electron chi connectivity index (χ0n) is 12.7. The highest BCUT2D eigenvalue weighted by Crippen LogP contribution is 2.40. The molecule has 1 fully saturated rings. The molecule has 3 rings (SSSR count). The predicted molar refractivity (Wildman–Crippen MR) is 84.0 cm³/mol. The van der Waals surface area contributed by atoms with E-state index in [-0.39, 0.29) is 5.91 Å². The van der Waals surface area contributed by atoms with Crippen molar-refractivity contribution in [2.24, 2.45) is 5.41 Å². The lowest BCUT2D eigenvalue weighted by molar-refractivity contribution is 0.0924. The Hall–Kier alpha value is -1.71. The molecule has 0 unspecified atom stereocenters. The minimum Gasteiger partial charge on any atom is -0.489 e. The fourth-order valence-corrected chi connectivity index (χ4v) is 3.49. The molecule has 1 heterocycles. The molecule has 4 nitrogen and oxygen atoms in total. The van der Waals surface area contributed by atoms with Gasteiger partial charge in [0.05, 0.1) is 11.3 Å². The molecular formula is C17H24N2O2. The number of amides is 1. The molecule has 21 heavy (non-hydrogen) atoms. The molecule has 0 bridgehead atoms. The number of hydrogen-bond donors (Lipinski definition) is 2. The molecule has 114 valence electrons. The Morgan fingerprint density at radius 2 is 2.19 bits per heavy atom. The molecule has 0 atom stereocenters. The molecule has 2 aliphatic rings. The normalized spacial score (nSPS) is 19.3. The number of anilines is 1. The van der Waals surface area contributed by atoms with Crippen LogP contribution in [0, 0.1) is 5.41 Å². The summed E-state index contributed by atoms with van der Waals surface area (Å²) in [5, 5.41) is 6.40. The topological polar surface area (TPSA) is 50.4 Å². The largest absolute Gasteiger partial charge is 0.489 e. The van der Waals surface area contributed by atoms with Gasteiger partial charge < -0.3 is 15.4 Å². The molecule has 4 heteroatoms. The highest BCUT2D eigenvalue weighted by molar-refractivity contribution is 5.99. The third kappa shape index (κ3) is 2.85. The van der Waals surface area contributed by atoms with Crippen LogP contribution in [0.3, 0.4) is 0 Å². The van der Waals surface area contributed by atoms with Crippen LogP contribution in [0.25, 0.3) is 0 Å². The third-order valence-corrected chi connectivity index (χ3v) is 4.96. The van der Waals surface area contributed by atoms with Gasteiger partial charge in [-0.15, -0.1) is 0 Å². The second kappa shape index (κ2) is 5.96. The van der Waals surface area contributed by atoms with Gasteiger partial charge in [-0.2, -0.15) is 0 Å². The van der Waals surface area contributed by atoms with Crippen molar-refractivity contribution in [3.05, 3.63) is 23.8 Å². The van der Waals surface area contributed by atoms with Gasteiger partial charge in [-0.05, 0) is 36.8 Å². The van der Waals surface area contributed by atoms with Gasteiger partial charge in [0.25, 0.3) is 5.91 Å². The van der Waals surface area contributed by atoms with Gasteiger partial charge in [-0.25, -0.2) is 0 Å². The predicted octanol–water partition coefficient (Wildman–Crippen LogP) is 3.19. The lowest BCUT2D eigenvalue weighted by atomic mass is 9.83. The van der Waals surface area contributed by atoms with E-state index in [9.17, 15) is 4.79 Å². The van der Waals surface area contributed by atoms with E-state index in [2.05, 4.69) is 17.6 Å². The Labute approximate surface area is 126 Å². The van der Waals surface area contributed by atoms with Gasteiger partial charge in [-0.1, -0.05) is 25.8 Å². The minimum absolute atomic E-state index is 0.0183. The number of para-hydroxylation sites is 1. The van der Waals surface area contributed by atoms with Crippen LogP contribution in [0.5, 0.6) is 5.75 Å². The smallest absolute Gasteiger partial charge is 0.255 e. The van der Waals surface area contributed by atoms with Crippen LogP contribution in [0.2, 0.25) is 0 Å². The summed E-state index contributed by atoms with van der Waals surface area (Å²) in [5.74, 6) is 0.675. The fraction of sp³-hybridized carbons (Fsp3) is 0.588. The molecule has 0 aromatic heterocycles. The average molecular weight is 288 g/mol. The molecule has 0 radical (unpaired) electrons. The first kappa shape index (κ1) is 14.2. The van der Waals surface area contributed by atoms with Gasteiger partial charge in [-0.3, -0.25) is 4.79 Å². The van der Waals surface area contributed by atoms with Crippen molar-refractivity contribution in [2.45, 2.75) is 39.0 Å². The molecule has 0 spiro atoms. The second-order valence-electron chi connectivity index (χ2n) is 6.20. The first-order chi connectivity index (χ1) is 10.2. The van der Waals surface area contributed by atoms with E-state index in [0.717, 1.165) is 25.2 Å². The van der Waals surface area contributed by atoms with Gasteiger partial charge >= 0.3 is 0 Å². The van der Waals surface area contributed by atoms with Crippen molar-refractivity contribution in [3.8, 4) is 5.75 Å². The van der Waals surface area contributed by atoms with Crippen LogP contribution < -0.4 is 15.4 Å². The van der Waals surface area contributed by atoms with Crippen molar-refractivity contribution in [1.29, 1.82) is 0 Å². The summed E-state index contributed by atoms with van der Waals surface area (Å²) < 4.78 is 5.68. The number of fused-ring (bicyclic) bond motifs is 1. The minimum atomic E-state index is -0.0183. The molecule has 1 aliphatic heterocycles. The Kier molecular flexibility index (Phi) is 4.04. The van der Waals surface area contributed by atoms with Gasteiger partial charge in [0, 0.05) is 13.1 Å². The number of carbonyl (C=O) groups is 1. The number of benzene rings is 1. The lowest BCUT2D eigenvalue weighted by Gasteiger charge is -2.28. The SMILES string of the molecule is CCC1(CNC(=O)c2cccc3c2OCCN3)CCCC1. The Bertz CT molecular complexity index is 522. The monoisotopic (exact) mass is 288 g/mol. The Morgan fingerprint density at radius 3 is 2.95 bits per heavy atom. The lowest BCUT2D eigenvalue weighted by Crippen LogP contribution is -2.36. The number of rotatable bonds is 4. The maximum absolute atomic E-state index is 12.5. The van der Waals surface area contributed by atoms with E-state index in [1.54, 1.807) is 0 Å². The molecule has 1 aromatic carbocycles. The van der Waals surface area contributed by atoms with Crippen LogP contribution in [-0.2, 0) is 0 Å². The van der Waals surface area contributed by atoms with Crippen LogP contribution in [0.15, 0.2) is 18.2 Å². The van der Waals surface area contributed by atoms with E-state index in [1.807, 2.05) is 18.2 Å². The van der Waals surface area contributed by atoms with Gasteiger partial charge in [0.15, 0.2) is 5.75 Å². The van der Waals surface area contributed by atoms with Crippen LogP contribution in [0.1, 0.15) is 49.4 Å². The van der Waals surface area contributed by atoms with Crippen molar-refractivity contribution >= 4 is 11.6 Å². The molecule has 1 aliphatic carbocycles. The molecule has 2 N–H and O–H groups in total. The summed E-state index contributed by atoms with van der Waals surface area (Å²) in [6.07, 6.45) is 6.18. The van der Waals surface area contributed by atoms with Crippen LogP contribution >= 0.6 is 0 Å². The number of ether oxygens (including phenoxy) is 1. The van der Waals surface area contributed by atoms with Crippen molar-refractivity contribution < 1.29 is 9.53 Å². The summed E-state index contributed by atoms with van der Waals surface area (Å²) in [5.41, 5.74) is 1.87. The highest BCUT2D eigenvalue weighted by atomic mass is 16.5. The molecule has 0 saturated heterocycles. The number of hydrogen-bond acceptors (Lipinski definition) is 3. The van der Waals surface area contributed by atoms with Crippen molar-refractivity contribution in [3.63, 3.8) is 0 Å². The Morgan fingerprint density at radius 1 is 1.38 bits per heavy atom. The van der Waals surface area contributed by atoms with E-state index in [0.29, 0.717) is 23.3 Å². The zero-order valence-corrected chi connectivity index (χ0v) is 12.7. The van der Waals surface area contributed by atoms with Crippen molar-refractivity contribution in [2.75, 3.05) is 25.0 Å². The number of nitrogens with one attached hydrogen (secondary N) is 2. The number of carbonyl (C=O) groups excluding carboxylic acids is 1. The highest BCUT2D eigenvalue weighted by Gasteiger charge is 2.32. The van der Waals surface area contributed by atoms with Crippen LogP contribution in [0.4, 0.5) is 5.69 Å². The van der Waals surface area contributed by atoms with Gasteiger partial charge in [0.1, 0.15) is 6.61 Å². The summed E-state index contributed by atoms with van der Waals surface area (Å²) in [6, 6.07) is 5.70. The fourth-order valence-electron chi connectivity index (χ4n) is 3.49. The first-order valence-electron chi connectivity index (χ1n) is 8.02. The summed E-state index contributed by atoms with van der Waals surface area (Å²) in [4.78, 5) is 12.5. The maximum Gasteiger partial charge on any atom is 0.255 e. The third-order valence-electron chi connectivity index (χ3n) is 4.96. The van der Waals surface area contributed by atoms with E-state index in [1.165, 1.54) is 25.7 Å². The molecule has 1 amide bonds.